The Morgan fingerprint density at radius 2 is 2.28 bits per heavy atom. The lowest BCUT2D eigenvalue weighted by Crippen LogP contribution is -2.48. The summed E-state index contributed by atoms with van der Waals surface area (Å²) >= 11 is 6.07. The van der Waals surface area contributed by atoms with E-state index in [2.05, 4.69) is 10.4 Å². The molecule has 0 amide bonds. The molecule has 0 bridgehead atoms. The Morgan fingerprint density at radius 1 is 1.61 bits per heavy atom. The Bertz CT molecular complexity index is 489. The van der Waals surface area contributed by atoms with Crippen molar-refractivity contribution in [1.29, 1.82) is 0 Å². The van der Waals surface area contributed by atoms with E-state index in [1.165, 1.54) is 4.68 Å². The van der Waals surface area contributed by atoms with E-state index < -0.39 is 0 Å². The fourth-order valence-electron chi connectivity index (χ4n) is 2.11. The van der Waals surface area contributed by atoms with E-state index in [9.17, 15) is 9.90 Å². The van der Waals surface area contributed by atoms with E-state index in [0.717, 1.165) is 19.3 Å². The molecule has 1 fully saturated rings. The first-order valence-electron chi connectivity index (χ1n) is 6.15. The van der Waals surface area contributed by atoms with Crippen LogP contribution in [0.4, 0.5) is 5.69 Å². The minimum atomic E-state index is -0.332. The fourth-order valence-corrected chi connectivity index (χ4v) is 2.29. The Kier molecular flexibility index (Phi) is 3.64. The van der Waals surface area contributed by atoms with E-state index in [1.807, 2.05) is 13.8 Å². The SMILES string of the molecule is CC(C)n1ncc(NC2(CO)CCC2)c(Cl)c1=O. The molecule has 0 unspecified atom stereocenters. The van der Waals surface area contributed by atoms with Gasteiger partial charge in [-0.15, -0.1) is 0 Å². The second kappa shape index (κ2) is 4.90. The molecule has 1 aromatic heterocycles. The Morgan fingerprint density at radius 3 is 2.72 bits per heavy atom. The van der Waals surface area contributed by atoms with E-state index in [0.29, 0.717) is 5.69 Å². The van der Waals surface area contributed by atoms with Crippen molar-refractivity contribution in [2.24, 2.45) is 0 Å². The lowest BCUT2D eigenvalue weighted by Gasteiger charge is -2.41. The average molecular weight is 272 g/mol. The molecule has 2 rings (SSSR count). The van der Waals surface area contributed by atoms with Crippen molar-refractivity contribution < 1.29 is 5.11 Å². The number of aliphatic hydroxyl groups is 1. The van der Waals surface area contributed by atoms with Crippen molar-refractivity contribution in [1.82, 2.24) is 9.78 Å². The molecule has 6 heteroatoms. The van der Waals surface area contributed by atoms with Gasteiger partial charge in [0.1, 0.15) is 5.02 Å². The number of anilines is 1. The maximum atomic E-state index is 12.0. The number of nitrogens with one attached hydrogen (secondary N) is 1. The van der Waals surface area contributed by atoms with Crippen LogP contribution in [0.25, 0.3) is 0 Å². The Labute approximate surface area is 111 Å². The maximum Gasteiger partial charge on any atom is 0.287 e. The molecule has 0 aliphatic heterocycles. The maximum absolute atomic E-state index is 12.0. The van der Waals surface area contributed by atoms with Gasteiger partial charge in [-0.05, 0) is 33.1 Å². The highest BCUT2D eigenvalue weighted by molar-refractivity contribution is 6.32. The number of aliphatic hydroxyl groups excluding tert-OH is 1. The summed E-state index contributed by atoms with van der Waals surface area (Å²) < 4.78 is 1.35. The van der Waals surface area contributed by atoms with Gasteiger partial charge >= 0.3 is 0 Å². The molecular weight excluding hydrogens is 254 g/mol. The normalized spacial score (nSPS) is 17.6. The third-order valence-electron chi connectivity index (χ3n) is 3.45. The molecule has 0 saturated heterocycles. The molecule has 1 aliphatic carbocycles. The smallest absolute Gasteiger partial charge is 0.287 e. The molecule has 0 radical (unpaired) electrons. The van der Waals surface area contributed by atoms with Gasteiger partial charge in [0.25, 0.3) is 5.56 Å². The summed E-state index contributed by atoms with van der Waals surface area (Å²) in [5, 5.41) is 16.8. The third-order valence-corrected chi connectivity index (χ3v) is 3.81. The van der Waals surface area contributed by atoms with Crippen molar-refractivity contribution in [3.63, 3.8) is 0 Å². The van der Waals surface area contributed by atoms with Crippen LogP contribution in [0.3, 0.4) is 0 Å². The Balaban J connectivity index is 2.30. The summed E-state index contributed by atoms with van der Waals surface area (Å²) in [6.07, 6.45) is 4.39. The van der Waals surface area contributed by atoms with Gasteiger partial charge in [-0.3, -0.25) is 4.79 Å². The van der Waals surface area contributed by atoms with Gasteiger partial charge < -0.3 is 10.4 Å². The van der Waals surface area contributed by atoms with Gasteiger partial charge in [0.2, 0.25) is 0 Å². The fraction of sp³-hybridized carbons (Fsp3) is 0.667. The quantitative estimate of drug-likeness (QED) is 0.876. The lowest BCUT2D eigenvalue weighted by molar-refractivity contribution is 0.144. The van der Waals surface area contributed by atoms with Gasteiger partial charge in [0, 0.05) is 0 Å². The van der Waals surface area contributed by atoms with Crippen LogP contribution in [0.15, 0.2) is 11.0 Å². The summed E-state index contributed by atoms with van der Waals surface area (Å²) in [6.45, 7) is 3.79. The zero-order valence-electron chi connectivity index (χ0n) is 10.6. The molecular formula is C12H18ClN3O2. The van der Waals surface area contributed by atoms with Crippen LogP contribution in [-0.4, -0.2) is 27.0 Å². The Hall–Kier alpha value is -1.07. The molecule has 1 saturated carbocycles. The first-order valence-corrected chi connectivity index (χ1v) is 6.53. The van der Waals surface area contributed by atoms with Crippen molar-refractivity contribution in [3.8, 4) is 0 Å². The molecule has 0 atom stereocenters. The van der Waals surface area contributed by atoms with Gasteiger partial charge in [-0.2, -0.15) is 5.10 Å². The highest BCUT2D eigenvalue weighted by Crippen LogP contribution is 2.35. The zero-order chi connectivity index (χ0) is 13.3. The van der Waals surface area contributed by atoms with Crippen molar-refractivity contribution >= 4 is 17.3 Å². The van der Waals surface area contributed by atoms with E-state index in [1.54, 1.807) is 6.20 Å². The molecule has 0 spiro atoms. The predicted molar refractivity (Wildman–Crippen MR) is 71.2 cm³/mol. The zero-order valence-corrected chi connectivity index (χ0v) is 11.4. The predicted octanol–water partition coefficient (Wildman–Crippen LogP) is 1.80. The largest absolute Gasteiger partial charge is 0.394 e. The number of halogens is 1. The summed E-state index contributed by atoms with van der Waals surface area (Å²) in [5.74, 6) is 0. The molecule has 100 valence electrons. The van der Waals surface area contributed by atoms with Crippen molar-refractivity contribution in [2.45, 2.75) is 44.7 Å². The molecule has 2 N–H and O–H groups in total. The molecule has 5 nitrogen and oxygen atoms in total. The molecule has 1 aliphatic rings. The summed E-state index contributed by atoms with van der Waals surface area (Å²) in [5.41, 5.74) is -0.127. The van der Waals surface area contributed by atoms with Crippen LogP contribution in [0.2, 0.25) is 5.02 Å². The summed E-state index contributed by atoms with van der Waals surface area (Å²) in [6, 6.07) is -0.0282. The first kappa shape index (κ1) is 13.4. The highest BCUT2D eigenvalue weighted by atomic mass is 35.5. The average Bonchev–Trinajstić information content (AvgIpc) is 2.28. The second-order valence-electron chi connectivity index (χ2n) is 5.13. The standard InChI is InChI=1S/C12H18ClN3O2/c1-8(2)16-11(18)10(13)9(6-14-16)15-12(7-17)4-3-5-12/h6,8,15,17H,3-5,7H2,1-2H3. The highest BCUT2D eigenvalue weighted by Gasteiger charge is 2.36. The van der Waals surface area contributed by atoms with Crippen LogP contribution < -0.4 is 10.9 Å². The van der Waals surface area contributed by atoms with E-state index in [4.69, 9.17) is 11.6 Å². The number of hydrogen-bond donors (Lipinski definition) is 2. The van der Waals surface area contributed by atoms with Gasteiger partial charge in [0.15, 0.2) is 0 Å². The number of nitrogens with zero attached hydrogens (tertiary/aromatic N) is 2. The second-order valence-corrected chi connectivity index (χ2v) is 5.51. The number of rotatable bonds is 4. The lowest BCUT2D eigenvalue weighted by atomic mass is 9.77. The van der Waals surface area contributed by atoms with Gasteiger partial charge in [-0.25, -0.2) is 4.68 Å². The molecule has 1 aromatic rings. The van der Waals surface area contributed by atoms with Gasteiger partial charge in [0.05, 0.1) is 30.1 Å². The van der Waals surface area contributed by atoms with Crippen molar-refractivity contribution in [3.05, 3.63) is 21.6 Å². The van der Waals surface area contributed by atoms with Crippen LogP contribution in [-0.2, 0) is 0 Å². The van der Waals surface area contributed by atoms with Crippen LogP contribution in [0.5, 0.6) is 0 Å². The molecule has 1 heterocycles. The monoisotopic (exact) mass is 271 g/mol. The van der Waals surface area contributed by atoms with Crippen LogP contribution in [0, 0.1) is 0 Å². The number of aromatic nitrogens is 2. The van der Waals surface area contributed by atoms with E-state index in [-0.39, 0.29) is 28.8 Å². The molecule has 18 heavy (non-hydrogen) atoms. The summed E-state index contributed by atoms with van der Waals surface area (Å²) in [4.78, 5) is 12.0. The third kappa shape index (κ3) is 2.24. The molecule has 0 aromatic carbocycles. The van der Waals surface area contributed by atoms with Crippen LogP contribution in [0.1, 0.15) is 39.2 Å². The van der Waals surface area contributed by atoms with Gasteiger partial charge in [-0.1, -0.05) is 11.6 Å². The van der Waals surface area contributed by atoms with Crippen molar-refractivity contribution in [2.75, 3.05) is 11.9 Å². The minimum Gasteiger partial charge on any atom is -0.394 e. The van der Waals surface area contributed by atoms with E-state index >= 15 is 0 Å². The summed E-state index contributed by atoms with van der Waals surface area (Å²) in [7, 11) is 0. The first-order chi connectivity index (χ1) is 8.49. The number of hydrogen-bond acceptors (Lipinski definition) is 4. The topological polar surface area (TPSA) is 67.2 Å². The minimum absolute atomic E-state index is 0.0282. The van der Waals surface area contributed by atoms with Crippen LogP contribution >= 0.6 is 11.6 Å².